The summed E-state index contributed by atoms with van der Waals surface area (Å²) in [7, 11) is 0. The van der Waals surface area contributed by atoms with Gasteiger partial charge in [0.1, 0.15) is 11.5 Å². The lowest BCUT2D eigenvalue weighted by molar-refractivity contribution is 0.0985. The molecule has 0 atom stereocenters. The van der Waals surface area contributed by atoms with E-state index in [0.29, 0.717) is 12.1 Å². The summed E-state index contributed by atoms with van der Waals surface area (Å²) >= 11 is 0. The van der Waals surface area contributed by atoms with Crippen molar-refractivity contribution in [1.82, 2.24) is 14.5 Å². The van der Waals surface area contributed by atoms with E-state index in [1.54, 1.807) is 24.5 Å². The molecule has 2 aromatic rings. The van der Waals surface area contributed by atoms with E-state index in [1.165, 1.54) is 0 Å². The lowest BCUT2D eigenvalue weighted by Crippen LogP contribution is -2.10. The van der Waals surface area contributed by atoms with Crippen LogP contribution in [0.5, 0.6) is 0 Å². The molecule has 0 saturated carbocycles. The molecule has 82 valence electrons. The van der Waals surface area contributed by atoms with Crippen LogP contribution in [0.2, 0.25) is 0 Å². The molecule has 0 aliphatic heterocycles. The van der Waals surface area contributed by atoms with Crippen LogP contribution in [0.25, 0.3) is 0 Å². The predicted octanol–water partition coefficient (Wildman–Crippen LogP) is 1.72. The number of imidazole rings is 1. The van der Waals surface area contributed by atoms with Gasteiger partial charge in [0.2, 0.25) is 0 Å². The molecule has 0 bridgehead atoms. The normalized spacial score (nSPS) is 10.3. The average molecular weight is 215 g/mol. The minimum Gasteiger partial charge on any atom is -0.335 e. The molecule has 16 heavy (non-hydrogen) atoms. The van der Waals surface area contributed by atoms with Crippen molar-refractivity contribution in [2.45, 2.75) is 19.9 Å². The summed E-state index contributed by atoms with van der Waals surface area (Å²) in [4.78, 5) is 20.1. The van der Waals surface area contributed by atoms with Crippen molar-refractivity contribution in [1.29, 1.82) is 0 Å². The Labute approximate surface area is 94.0 Å². The molecular weight excluding hydrogens is 202 g/mol. The third-order valence-electron chi connectivity index (χ3n) is 2.41. The third-order valence-corrected chi connectivity index (χ3v) is 2.41. The summed E-state index contributed by atoms with van der Waals surface area (Å²) in [6, 6.07) is 5.33. The van der Waals surface area contributed by atoms with Gasteiger partial charge in [0, 0.05) is 25.1 Å². The van der Waals surface area contributed by atoms with Gasteiger partial charge < -0.3 is 4.57 Å². The molecule has 0 spiro atoms. The highest BCUT2D eigenvalue weighted by Crippen LogP contribution is 2.04. The summed E-state index contributed by atoms with van der Waals surface area (Å²) in [6.07, 6.45) is 5.52. The van der Waals surface area contributed by atoms with Gasteiger partial charge in [-0.1, -0.05) is 6.07 Å². The Kier molecular flexibility index (Phi) is 3.10. The van der Waals surface area contributed by atoms with Crippen molar-refractivity contribution in [2.24, 2.45) is 0 Å². The molecule has 2 aromatic heterocycles. The van der Waals surface area contributed by atoms with E-state index in [1.807, 2.05) is 23.8 Å². The first-order valence-electron chi connectivity index (χ1n) is 5.25. The molecule has 0 saturated heterocycles. The van der Waals surface area contributed by atoms with Gasteiger partial charge in [0.05, 0.1) is 6.42 Å². The molecule has 2 rings (SSSR count). The molecule has 0 fully saturated rings. The Morgan fingerprint density at radius 3 is 2.88 bits per heavy atom. The second kappa shape index (κ2) is 4.70. The van der Waals surface area contributed by atoms with Crippen molar-refractivity contribution < 1.29 is 4.79 Å². The molecule has 4 nitrogen and oxygen atoms in total. The minimum atomic E-state index is 0.00139. The van der Waals surface area contributed by atoms with Crippen LogP contribution in [-0.4, -0.2) is 20.3 Å². The van der Waals surface area contributed by atoms with E-state index < -0.39 is 0 Å². The number of pyridine rings is 1. The number of nitrogens with zero attached hydrogens (tertiary/aromatic N) is 3. The van der Waals surface area contributed by atoms with E-state index in [-0.39, 0.29) is 5.78 Å². The first-order chi connectivity index (χ1) is 7.81. The van der Waals surface area contributed by atoms with Crippen LogP contribution in [0.1, 0.15) is 23.2 Å². The number of ketones is 1. The summed E-state index contributed by atoms with van der Waals surface area (Å²) in [5.41, 5.74) is 0.494. The molecular formula is C12H13N3O. The van der Waals surface area contributed by atoms with Crippen molar-refractivity contribution in [3.05, 3.63) is 48.3 Å². The molecule has 0 radical (unpaired) electrons. The average Bonchev–Trinajstić information content (AvgIpc) is 2.77. The number of Topliss-reactive ketones (excluding diaryl/α,β-unsaturated/α-hetero) is 1. The maximum absolute atomic E-state index is 11.9. The number of carbonyl (C=O) groups excluding carboxylic acids is 1. The molecule has 0 aliphatic rings. The molecule has 0 amide bonds. The lowest BCUT2D eigenvalue weighted by Gasteiger charge is -2.03. The Balaban J connectivity index is 2.14. The maximum Gasteiger partial charge on any atom is 0.188 e. The van der Waals surface area contributed by atoms with Gasteiger partial charge >= 0.3 is 0 Å². The van der Waals surface area contributed by atoms with Crippen LogP contribution in [0.3, 0.4) is 0 Å². The number of carbonyl (C=O) groups is 1. The van der Waals surface area contributed by atoms with Gasteiger partial charge in [-0.15, -0.1) is 0 Å². The van der Waals surface area contributed by atoms with Crippen LogP contribution >= 0.6 is 0 Å². The van der Waals surface area contributed by atoms with Crippen molar-refractivity contribution >= 4 is 5.78 Å². The van der Waals surface area contributed by atoms with Crippen molar-refractivity contribution in [3.8, 4) is 0 Å². The zero-order valence-corrected chi connectivity index (χ0v) is 9.13. The quantitative estimate of drug-likeness (QED) is 0.730. The third kappa shape index (κ3) is 2.16. The Hall–Kier alpha value is -1.97. The molecule has 0 N–H and O–H groups in total. The van der Waals surface area contributed by atoms with E-state index >= 15 is 0 Å². The number of rotatable bonds is 4. The molecule has 0 unspecified atom stereocenters. The zero-order chi connectivity index (χ0) is 11.4. The number of aromatic nitrogens is 3. The molecule has 0 aliphatic carbocycles. The Morgan fingerprint density at radius 1 is 1.31 bits per heavy atom. The Morgan fingerprint density at radius 2 is 2.19 bits per heavy atom. The SMILES string of the molecule is CCn1ccnc1CC(=O)c1ccccn1. The molecule has 0 aromatic carbocycles. The topological polar surface area (TPSA) is 47.8 Å². The lowest BCUT2D eigenvalue weighted by atomic mass is 10.2. The first-order valence-corrected chi connectivity index (χ1v) is 5.25. The Bertz CT molecular complexity index is 476. The molecule has 2 heterocycles. The smallest absolute Gasteiger partial charge is 0.188 e. The van der Waals surface area contributed by atoms with Crippen LogP contribution in [0.15, 0.2) is 36.8 Å². The van der Waals surface area contributed by atoms with E-state index in [0.717, 1.165) is 12.4 Å². The number of aryl methyl sites for hydroxylation is 1. The number of hydrogen-bond donors (Lipinski definition) is 0. The fourth-order valence-corrected chi connectivity index (χ4v) is 1.56. The monoisotopic (exact) mass is 215 g/mol. The van der Waals surface area contributed by atoms with E-state index in [4.69, 9.17) is 0 Å². The highest BCUT2D eigenvalue weighted by Gasteiger charge is 2.11. The summed E-state index contributed by atoms with van der Waals surface area (Å²) in [5.74, 6) is 0.791. The fraction of sp³-hybridized carbons (Fsp3) is 0.250. The van der Waals surface area contributed by atoms with Gasteiger partial charge in [0.25, 0.3) is 0 Å². The largest absolute Gasteiger partial charge is 0.335 e. The predicted molar refractivity (Wildman–Crippen MR) is 60.2 cm³/mol. The van der Waals surface area contributed by atoms with Gasteiger partial charge in [0.15, 0.2) is 5.78 Å². The first kappa shape index (κ1) is 10.5. The highest BCUT2D eigenvalue weighted by molar-refractivity contribution is 5.95. The fourth-order valence-electron chi connectivity index (χ4n) is 1.56. The van der Waals surface area contributed by atoms with Crippen LogP contribution < -0.4 is 0 Å². The van der Waals surface area contributed by atoms with Crippen molar-refractivity contribution in [3.63, 3.8) is 0 Å². The van der Waals surface area contributed by atoms with E-state index in [9.17, 15) is 4.79 Å². The van der Waals surface area contributed by atoms with Crippen LogP contribution in [0.4, 0.5) is 0 Å². The van der Waals surface area contributed by atoms with Gasteiger partial charge in [-0.2, -0.15) is 0 Å². The van der Waals surface area contributed by atoms with Gasteiger partial charge in [-0.05, 0) is 19.1 Å². The zero-order valence-electron chi connectivity index (χ0n) is 9.13. The summed E-state index contributed by atoms with van der Waals surface area (Å²) < 4.78 is 1.96. The van der Waals surface area contributed by atoms with Crippen molar-refractivity contribution in [2.75, 3.05) is 0 Å². The van der Waals surface area contributed by atoms with Crippen LogP contribution in [-0.2, 0) is 13.0 Å². The number of hydrogen-bond acceptors (Lipinski definition) is 3. The van der Waals surface area contributed by atoms with E-state index in [2.05, 4.69) is 9.97 Å². The second-order valence-electron chi connectivity index (χ2n) is 3.44. The summed E-state index contributed by atoms with van der Waals surface area (Å²) in [6.45, 7) is 2.85. The van der Waals surface area contributed by atoms with Gasteiger partial charge in [-0.25, -0.2) is 4.98 Å². The minimum absolute atomic E-state index is 0.00139. The second-order valence-corrected chi connectivity index (χ2v) is 3.44. The summed E-state index contributed by atoms with van der Waals surface area (Å²) in [5, 5.41) is 0. The maximum atomic E-state index is 11.9. The standard InChI is InChI=1S/C12H13N3O/c1-2-15-8-7-14-12(15)9-11(16)10-5-3-4-6-13-10/h3-8H,2,9H2,1H3. The highest BCUT2D eigenvalue weighted by atomic mass is 16.1. The van der Waals surface area contributed by atoms with Crippen LogP contribution in [0, 0.1) is 0 Å². The van der Waals surface area contributed by atoms with Gasteiger partial charge in [-0.3, -0.25) is 9.78 Å². The molecule has 4 heteroatoms.